The van der Waals surface area contributed by atoms with E-state index in [9.17, 15) is 9.59 Å². The van der Waals surface area contributed by atoms with Gasteiger partial charge in [0.05, 0.1) is 12.0 Å². The van der Waals surface area contributed by atoms with Crippen LogP contribution in [-0.4, -0.2) is 54.9 Å². The minimum absolute atomic E-state index is 0.0353. The van der Waals surface area contributed by atoms with E-state index in [1.807, 2.05) is 37.8 Å². The fourth-order valence-electron chi connectivity index (χ4n) is 2.93. The van der Waals surface area contributed by atoms with Crippen molar-refractivity contribution in [3.8, 4) is 11.5 Å². The number of piperidine rings is 1. The normalized spacial score (nSPS) is 15.3. The molecule has 1 N–H and O–H groups in total. The monoisotopic (exact) mass is 396 g/mol. The first-order valence-corrected chi connectivity index (χ1v) is 9.89. The predicted molar refractivity (Wildman–Crippen MR) is 105 cm³/mol. The molecule has 7 heteroatoms. The quantitative estimate of drug-likeness (QED) is 0.686. The first-order chi connectivity index (χ1) is 12.9. The van der Waals surface area contributed by atoms with Gasteiger partial charge in [-0.25, -0.2) is 0 Å². The molecule has 1 aliphatic rings. The van der Waals surface area contributed by atoms with Gasteiger partial charge < -0.3 is 19.7 Å². The molecular weight excluding hydrogens is 368 g/mol. The van der Waals surface area contributed by atoms with Crippen LogP contribution in [0.25, 0.3) is 0 Å². The molecule has 1 saturated heterocycles. The number of alkyl halides is 1. The topological polar surface area (TPSA) is 67.9 Å². The minimum atomic E-state index is -0.552. The van der Waals surface area contributed by atoms with Crippen molar-refractivity contribution in [2.45, 2.75) is 39.7 Å². The summed E-state index contributed by atoms with van der Waals surface area (Å²) in [4.78, 5) is 26.4. The van der Waals surface area contributed by atoms with E-state index in [1.54, 1.807) is 12.1 Å². The zero-order valence-corrected chi connectivity index (χ0v) is 17.1. The number of rotatable bonds is 8. The summed E-state index contributed by atoms with van der Waals surface area (Å²) in [6, 6.07) is 7.24. The van der Waals surface area contributed by atoms with Crippen LogP contribution in [-0.2, 0) is 9.59 Å². The molecule has 0 spiro atoms. The van der Waals surface area contributed by atoms with E-state index in [1.165, 1.54) is 0 Å². The molecule has 0 bridgehead atoms. The summed E-state index contributed by atoms with van der Waals surface area (Å²) in [5.74, 6) is 1.60. The van der Waals surface area contributed by atoms with Crippen LogP contribution in [0.5, 0.6) is 11.5 Å². The molecule has 2 amide bonds. The third-order valence-corrected chi connectivity index (χ3v) is 5.23. The fraction of sp³-hybridized carbons (Fsp3) is 0.600. The highest BCUT2D eigenvalue weighted by Gasteiger charge is 2.33. The maximum atomic E-state index is 12.4. The highest BCUT2D eigenvalue weighted by molar-refractivity contribution is 6.19. The van der Waals surface area contributed by atoms with Crippen molar-refractivity contribution in [3.63, 3.8) is 0 Å². The van der Waals surface area contributed by atoms with E-state index in [-0.39, 0.29) is 24.5 Å². The Morgan fingerprint density at radius 1 is 1.15 bits per heavy atom. The van der Waals surface area contributed by atoms with Crippen LogP contribution in [0.15, 0.2) is 24.3 Å². The van der Waals surface area contributed by atoms with Crippen molar-refractivity contribution in [1.82, 2.24) is 10.2 Å². The van der Waals surface area contributed by atoms with Gasteiger partial charge in [-0.2, -0.15) is 0 Å². The second-order valence-electron chi connectivity index (χ2n) is 7.34. The Labute approximate surface area is 166 Å². The number of nitrogens with zero attached hydrogens (tertiary/aromatic N) is 1. The summed E-state index contributed by atoms with van der Waals surface area (Å²) in [5, 5.41) is 2.98. The number of benzene rings is 1. The molecule has 0 aliphatic carbocycles. The van der Waals surface area contributed by atoms with Gasteiger partial charge in [-0.15, -0.1) is 11.6 Å². The van der Waals surface area contributed by atoms with Crippen LogP contribution in [0, 0.1) is 5.41 Å². The van der Waals surface area contributed by atoms with Gasteiger partial charge in [0, 0.05) is 25.0 Å². The van der Waals surface area contributed by atoms with Crippen LogP contribution in [0.1, 0.15) is 33.6 Å². The number of hydrogen-bond acceptors (Lipinski definition) is 4. The zero-order chi connectivity index (χ0) is 19.9. The summed E-state index contributed by atoms with van der Waals surface area (Å²) in [5.41, 5.74) is -0.552. The Balaban J connectivity index is 1.72. The first kappa shape index (κ1) is 21.4. The van der Waals surface area contributed by atoms with E-state index in [0.717, 1.165) is 18.6 Å². The molecule has 1 aromatic carbocycles. The summed E-state index contributed by atoms with van der Waals surface area (Å²) in [6.45, 7) is 7.47. The largest absolute Gasteiger partial charge is 0.494 e. The van der Waals surface area contributed by atoms with Crippen molar-refractivity contribution < 1.29 is 19.1 Å². The lowest BCUT2D eigenvalue weighted by Gasteiger charge is -2.36. The van der Waals surface area contributed by atoms with Gasteiger partial charge in [-0.3, -0.25) is 9.59 Å². The average molecular weight is 397 g/mol. The summed E-state index contributed by atoms with van der Waals surface area (Å²) >= 11 is 5.89. The molecular formula is C20H29ClN2O4. The first-order valence-electron chi connectivity index (χ1n) is 9.36. The fourth-order valence-corrected chi connectivity index (χ4v) is 3.04. The van der Waals surface area contributed by atoms with Crippen LogP contribution in [0.4, 0.5) is 0 Å². The molecule has 27 heavy (non-hydrogen) atoms. The number of nitrogens with one attached hydrogen (secondary N) is 1. The van der Waals surface area contributed by atoms with Crippen molar-refractivity contribution in [1.29, 1.82) is 0 Å². The second-order valence-corrected chi connectivity index (χ2v) is 7.61. The Bertz CT molecular complexity index is 625. The van der Waals surface area contributed by atoms with E-state index < -0.39 is 5.41 Å². The molecule has 1 fully saturated rings. The van der Waals surface area contributed by atoms with Gasteiger partial charge in [0.2, 0.25) is 5.91 Å². The van der Waals surface area contributed by atoms with Crippen LogP contribution in [0.2, 0.25) is 0 Å². The lowest BCUT2D eigenvalue weighted by Crippen LogP contribution is -2.50. The van der Waals surface area contributed by atoms with Gasteiger partial charge in [0.25, 0.3) is 5.91 Å². The van der Waals surface area contributed by atoms with Crippen molar-refractivity contribution >= 4 is 23.4 Å². The van der Waals surface area contributed by atoms with E-state index in [2.05, 4.69) is 5.32 Å². The van der Waals surface area contributed by atoms with Gasteiger partial charge in [0.1, 0.15) is 11.5 Å². The number of halogens is 1. The number of carbonyl (C=O) groups is 2. The van der Waals surface area contributed by atoms with Crippen LogP contribution >= 0.6 is 11.6 Å². The second kappa shape index (κ2) is 9.83. The molecule has 0 atom stereocenters. The lowest BCUT2D eigenvalue weighted by atomic mass is 9.92. The Morgan fingerprint density at radius 3 is 2.22 bits per heavy atom. The van der Waals surface area contributed by atoms with Gasteiger partial charge in [-0.05, 0) is 57.9 Å². The molecule has 1 heterocycles. The number of ether oxygens (including phenoxy) is 2. The van der Waals surface area contributed by atoms with E-state index in [0.29, 0.717) is 31.3 Å². The van der Waals surface area contributed by atoms with Crippen molar-refractivity contribution in [2.75, 3.05) is 32.2 Å². The minimum Gasteiger partial charge on any atom is -0.494 e. The van der Waals surface area contributed by atoms with Gasteiger partial charge >= 0.3 is 0 Å². The zero-order valence-electron chi connectivity index (χ0n) is 16.3. The summed E-state index contributed by atoms with van der Waals surface area (Å²) in [6.07, 6.45) is 1.47. The molecule has 0 saturated carbocycles. The molecule has 0 aromatic heterocycles. The third kappa shape index (κ3) is 6.31. The average Bonchev–Trinajstić information content (AvgIpc) is 2.67. The molecule has 1 aliphatic heterocycles. The highest BCUT2D eigenvalue weighted by Crippen LogP contribution is 2.23. The Kier molecular flexibility index (Phi) is 7.78. The smallest absolute Gasteiger partial charge is 0.258 e. The number of amides is 2. The number of likely N-dealkylation sites (tertiary alicyclic amines) is 1. The third-order valence-electron chi connectivity index (χ3n) is 4.56. The van der Waals surface area contributed by atoms with Crippen LogP contribution in [0.3, 0.4) is 0 Å². The maximum Gasteiger partial charge on any atom is 0.258 e. The molecule has 0 unspecified atom stereocenters. The molecule has 2 rings (SSSR count). The van der Waals surface area contributed by atoms with E-state index >= 15 is 0 Å². The highest BCUT2D eigenvalue weighted by atomic mass is 35.5. The Morgan fingerprint density at radius 2 is 1.70 bits per heavy atom. The number of carbonyl (C=O) groups excluding carboxylic acids is 2. The molecule has 0 radical (unpaired) electrons. The van der Waals surface area contributed by atoms with E-state index in [4.69, 9.17) is 21.1 Å². The summed E-state index contributed by atoms with van der Waals surface area (Å²) in [7, 11) is 0. The maximum absolute atomic E-state index is 12.4. The standard InChI is InChI=1S/C20H29ClN2O4/c1-4-26-16-5-7-17(8-6-16)27-13-18(24)22-15-9-11-23(12-10-15)19(25)20(2,3)14-21/h5-8,15H,4,9-14H2,1-3H3,(H,22,24). The predicted octanol–water partition coefficient (Wildman–Crippen LogP) is 2.84. The molecule has 150 valence electrons. The Hall–Kier alpha value is -1.95. The van der Waals surface area contributed by atoms with Crippen LogP contribution < -0.4 is 14.8 Å². The summed E-state index contributed by atoms with van der Waals surface area (Å²) < 4.78 is 10.9. The van der Waals surface area contributed by atoms with Crippen molar-refractivity contribution in [3.05, 3.63) is 24.3 Å². The SMILES string of the molecule is CCOc1ccc(OCC(=O)NC2CCN(C(=O)C(C)(C)CCl)CC2)cc1. The number of hydrogen-bond donors (Lipinski definition) is 1. The van der Waals surface area contributed by atoms with Gasteiger partial charge in [0.15, 0.2) is 6.61 Å². The van der Waals surface area contributed by atoms with Crippen molar-refractivity contribution in [2.24, 2.45) is 5.41 Å². The lowest BCUT2D eigenvalue weighted by molar-refractivity contribution is -0.140. The molecule has 1 aromatic rings. The molecule has 6 nitrogen and oxygen atoms in total. The van der Waals surface area contributed by atoms with Gasteiger partial charge in [-0.1, -0.05) is 0 Å².